The Labute approximate surface area is 85.6 Å². The zero-order valence-corrected chi connectivity index (χ0v) is 7.72. The van der Waals surface area contributed by atoms with Crippen molar-refractivity contribution >= 4 is 6.29 Å². The molecule has 0 saturated carbocycles. The van der Waals surface area contributed by atoms with Gasteiger partial charge < -0.3 is 0 Å². The van der Waals surface area contributed by atoms with E-state index in [9.17, 15) is 9.18 Å². The van der Waals surface area contributed by atoms with Crippen LogP contribution in [0.5, 0.6) is 0 Å². The summed E-state index contributed by atoms with van der Waals surface area (Å²) < 4.78 is 12.9. The quantitative estimate of drug-likeness (QED) is 0.553. The summed E-state index contributed by atoms with van der Waals surface area (Å²) in [5.41, 5.74) is 1.43. The highest BCUT2D eigenvalue weighted by molar-refractivity contribution is 5.78. The minimum atomic E-state index is -0.752. The maximum Gasteiger partial charge on any atom is 0.223 e. The maximum atomic E-state index is 12.9. The van der Waals surface area contributed by atoms with E-state index in [1.807, 2.05) is 6.07 Å². The van der Waals surface area contributed by atoms with Gasteiger partial charge >= 0.3 is 0 Å². The van der Waals surface area contributed by atoms with Crippen LogP contribution < -0.4 is 0 Å². The number of hydrogen-bond donors (Lipinski definition) is 0. The van der Waals surface area contributed by atoms with Gasteiger partial charge in [-0.15, -0.1) is 0 Å². The van der Waals surface area contributed by atoms with Crippen LogP contribution in [-0.4, -0.2) is 16.3 Å². The topological polar surface area (TPSA) is 42.9 Å². The molecule has 0 atom stereocenters. The third kappa shape index (κ3) is 1.88. The lowest BCUT2D eigenvalue weighted by Crippen LogP contribution is -1.93. The lowest BCUT2D eigenvalue weighted by Gasteiger charge is -2.01. The lowest BCUT2D eigenvalue weighted by molar-refractivity contribution is 0.111. The van der Waals surface area contributed by atoms with Gasteiger partial charge in [-0.25, -0.2) is 4.98 Å². The lowest BCUT2D eigenvalue weighted by atomic mass is 10.1. The predicted molar refractivity (Wildman–Crippen MR) is 52.8 cm³/mol. The number of nitrogens with zero attached hydrogens (tertiary/aromatic N) is 2. The monoisotopic (exact) mass is 202 g/mol. The van der Waals surface area contributed by atoms with Crippen molar-refractivity contribution in [2.24, 2.45) is 0 Å². The molecule has 0 amide bonds. The fourth-order valence-electron chi connectivity index (χ4n) is 1.24. The fraction of sp³-hybridized carbons (Fsp3) is 0. The van der Waals surface area contributed by atoms with Gasteiger partial charge in [0.05, 0.1) is 5.56 Å². The van der Waals surface area contributed by atoms with Crippen molar-refractivity contribution in [2.75, 3.05) is 0 Å². The zero-order chi connectivity index (χ0) is 10.7. The van der Waals surface area contributed by atoms with Gasteiger partial charge in [-0.1, -0.05) is 6.07 Å². The molecule has 0 aliphatic rings. The summed E-state index contributed by atoms with van der Waals surface area (Å²) in [4.78, 5) is 17.9. The Morgan fingerprint density at radius 3 is 2.80 bits per heavy atom. The minimum Gasteiger partial charge on any atom is -0.298 e. The van der Waals surface area contributed by atoms with E-state index in [1.165, 1.54) is 12.3 Å². The largest absolute Gasteiger partial charge is 0.298 e. The Kier molecular flexibility index (Phi) is 2.49. The van der Waals surface area contributed by atoms with Crippen LogP contribution in [-0.2, 0) is 0 Å². The highest BCUT2D eigenvalue weighted by atomic mass is 19.1. The molecule has 0 fully saturated rings. The highest BCUT2D eigenvalue weighted by Gasteiger charge is 2.05. The molecule has 15 heavy (non-hydrogen) atoms. The number of carbonyl (C=O) groups excluding carboxylic acids is 1. The summed E-state index contributed by atoms with van der Waals surface area (Å²) in [7, 11) is 0. The molecule has 2 rings (SSSR count). The summed E-state index contributed by atoms with van der Waals surface area (Å²) in [5, 5.41) is 0. The molecule has 0 saturated heterocycles. The smallest absolute Gasteiger partial charge is 0.223 e. The molecule has 0 radical (unpaired) electrons. The first-order valence-electron chi connectivity index (χ1n) is 4.32. The first-order valence-corrected chi connectivity index (χ1v) is 4.32. The zero-order valence-electron chi connectivity index (χ0n) is 7.72. The van der Waals surface area contributed by atoms with Crippen molar-refractivity contribution in [3.05, 3.63) is 48.3 Å². The molecule has 0 spiro atoms. The number of aromatic nitrogens is 2. The SMILES string of the molecule is O=Cc1cc(-c2cccnc2)cnc1F. The number of hydrogen-bond acceptors (Lipinski definition) is 3. The van der Waals surface area contributed by atoms with E-state index < -0.39 is 5.95 Å². The van der Waals surface area contributed by atoms with Crippen LogP contribution in [0, 0.1) is 5.95 Å². The number of rotatable bonds is 2. The predicted octanol–water partition coefficient (Wildman–Crippen LogP) is 2.10. The van der Waals surface area contributed by atoms with Crippen molar-refractivity contribution in [3.63, 3.8) is 0 Å². The van der Waals surface area contributed by atoms with Gasteiger partial charge in [0.25, 0.3) is 0 Å². The molecular weight excluding hydrogens is 195 g/mol. The molecule has 0 bridgehead atoms. The molecule has 74 valence electrons. The molecule has 0 N–H and O–H groups in total. The van der Waals surface area contributed by atoms with E-state index in [1.54, 1.807) is 18.5 Å². The Balaban J connectivity index is 2.51. The first-order chi connectivity index (χ1) is 7.31. The summed E-state index contributed by atoms with van der Waals surface area (Å²) >= 11 is 0. The van der Waals surface area contributed by atoms with Gasteiger partial charge in [0, 0.05) is 29.7 Å². The third-order valence-corrected chi connectivity index (χ3v) is 1.99. The molecule has 2 aromatic rings. The van der Waals surface area contributed by atoms with Crippen molar-refractivity contribution in [3.8, 4) is 11.1 Å². The van der Waals surface area contributed by atoms with Crippen molar-refractivity contribution in [1.82, 2.24) is 9.97 Å². The molecule has 0 aromatic carbocycles. The van der Waals surface area contributed by atoms with E-state index in [-0.39, 0.29) is 5.56 Å². The van der Waals surface area contributed by atoms with Gasteiger partial charge in [0.1, 0.15) is 0 Å². The van der Waals surface area contributed by atoms with Crippen LogP contribution in [0.15, 0.2) is 36.8 Å². The molecule has 0 aliphatic carbocycles. The summed E-state index contributed by atoms with van der Waals surface area (Å²) in [6, 6.07) is 5.03. The van der Waals surface area contributed by atoms with Crippen LogP contribution in [0.2, 0.25) is 0 Å². The van der Waals surface area contributed by atoms with E-state index >= 15 is 0 Å². The van der Waals surface area contributed by atoms with E-state index in [0.717, 1.165) is 5.56 Å². The van der Waals surface area contributed by atoms with E-state index in [0.29, 0.717) is 11.8 Å². The Bertz CT molecular complexity index is 485. The van der Waals surface area contributed by atoms with Crippen molar-refractivity contribution in [2.45, 2.75) is 0 Å². The maximum absolute atomic E-state index is 12.9. The normalized spacial score (nSPS) is 9.93. The fourth-order valence-corrected chi connectivity index (χ4v) is 1.24. The molecule has 0 unspecified atom stereocenters. The van der Waals surface area contributed by atoms with E-state index in [2.05, 4.69) is 9.97 Å². The second-order valence-electron chi connectivity index (χ2n) is 2.96. The summed E-state index contributed by atoms with van der Waals surface area (Å²) in [5.74, 6) is -0.752. The van der Waals surface area contributed by atoms with E-state index in [4.69, 9.17) is 0 Å². The Morgan fingerprint density at radius 1 is 1.27 bits per heavy atom. The molecule has 2 aromatic heterocycles. The summed E-state index contributed by atoms with van der Waals surface area (Å²) in [6.07, 6.45) is 5.09. The number of halogens is 1. The van der Waals surface area contributed by atoms with Gasteiger partial charge in [0.15, 0.2) is 6.29 Å². The van der Waals surface area contributed by atoms with Crippen LogP contribution in [0.4, 0.5) is 4.39 Å². The second-order valence-corrected chi connectivity index (χ2v) is 2.96. The molecular formula is C11H7FN2O. The van der Waals surface area contributed by atoms with Crippen LogP contribution in [0.3, 0.4) is 0 Å². The standard InChI is InChI=1S/C11H7FN2O/c12-11-10(7-15)4-9(6-14-11)8-2-1-3-13-5-8/h1-7H. The Morgan fingerprint density at radius 2 is 2.13 bits per heavy atom. The molecule has 2 heterocycles. The number of pyridine rings is 2. The Hall–Kier alpha value is -2.10. The molecule has 3 nitrogen and oxygen atoms in total. The van der Waals surface area contributed by atoms with Crippen LogP contribution in [0.25, 0.3) is 11.1 Å². The number of carbonyl (C=O) groups is 1. The van der Waals surface area contributed by atoms with Crippen LogP contribution in [0.1, 0.15) is 10.4 Å². The third-order valence-electron chi connectivity index (χ3n) is 1.99. The average molecular weight is 202 g/mol. The van der Waals surface area contributed by atoms with Crippen molar-refractivity contribution in [1.29, 1.82) is 0 Å². The highest BCUT2D eigenvalue weighted by Crippen LogP contribution is 2.18. The second kappa shape index (κ2) is 3.96. The number of aldehydes is 1. The van der Waals surface area contributed by atoms with Crippen molar-refractivity contribution < 1.29 is 9.18 Å². The molecule has 0 aliphatic heterocycles. The molecule has 4 heteroatoms. The average Bonchev–Trinajstić information content (AvgIpc) is 2.31. The summed E-state index contributed by atoms with van der Waals surface area (Å²) in [6.45, 7) is 0. The first kappa shape index (κ1) is 9.45. The van der Waals surface area contributed by atoms with Gasteiger partial charge in [-0.3, -0.25) is 9.78 Å². The minimum absolute atomic E-state index is 0.0450. The van der Waals surface area contributed by atoms with Gasteiger partial charge in [-0.2, -0.15) is 4.39 Å². The van der Waals surface area contributed by atoms with Crippen LogP contribution >= 0.6 is 0 Å². The van der Waals surface area contributed by atoms with Gasteiger partial charge in [0.2, 0.25) is 5.95 Å². The van der Waals surface area contributed by atoms with Gasteiger partial charge in [-0.05, 0) is 12.1 Å².